The van der Waals surface area contributed by atoms with Gasteiger partial charge in [-0.3, -0.25) is 14.9 Å². The molecule has 0 radical (unpaired) electrons. The molecule has 0 aliphatic carbocycles. The summed E-state index contributed by atoms with van der Waals surface area (Å²) in [4.78, 5) is 20.7. The molecule has 2 aromatic rings. The van der Waals surface area contributed by atoms with Crippen LogP contribution in [0, 0.1) is 10.1 Å². The fourth-order valence-corrected chi connectivity index (χ4v) is 3.22. The first-order valence-corrected chi connectivity index (χ1v) is 7.15. The van der Waals surface area contributed by atoms with E-state index in [1.165, 1.54) is 12.1 Å². The van der Waals surface area contributed by atoms with Gasteiger partial charge in [0, 0.05) is 0 Å². The summed E-state index contributed by atoms with van der Waals surface area (Å²) < 4.78 is 24.0. The Bertz CT molecular complexity index is 814. The Labute approximate surface area is 114 Å². The summed E-state index contributed by atoms with van der Waals surface area (Å²) in [6.07, 6.45) is 0. The third-order valence-corrected chi connectivity index (χ3v) is 4.38. The highest BCUT2D eigenvalue weighted by Gasteiger charge is 2.29. The Morgan fingerprint density at radius 1 is 1.20 bits per heavy atom. The highest BCUT2D eigenvalue weighted by atomic mass is 32.2. The van der Waals surface area contributed by atoms with E-state index in [4.69, 9.17) is 5.73 Å². The smallest absolute Gasteiger partial charge is 0.295 e. The second-order valence-corrected chi connectivity index (χ2v) is 6.07. The third-order valence-electron chi connectivity index (χ3n) is 2.71. The molecule has 2 aromatic carbocycles. The van der Waals surface area contributed by atoms with Gasteiger partial charge in [0.15, 0.2) is 9.84 Å². The number of nitro groups is 1. The van der Waals surface area contributed by atoms with Crippen molar-refractivity contribution < 1.29 is 18.1 Å². The third kappa shape index (κ3) is 2.45. The lowest BCUT2D eigenvalue weighted by molar-refractivity contribution is -0.386. The summed E-state index contributed by atoms with van der Waals surface area (Å²) in [6, 6.07) is 8.92. The average Bonchev–Trinajstić information content (AvgIpc) is 2.35. The number of fused-ring (bicyclic) bond motifs is 1. The van der Waals surface area contributed by atoms with Crippen molar-refractivity contribution in [3.05, 3.63) is 46.5 Å². The molecule has 0 fully saturated rings. The average molecular weight is 294 g/mol. The van der Waals surface area contributed by atoms with E-state index in [2.05, 4.69) is 0 Å². The number of primary amides is 1. The van der Waals surface area contributed by atoms with Gasteiger partial charge < -0.3 is 5.73 Å². The highest BCUT2D eigenvalue weighted by molar-refractivity contribution is 7.92. The van der Waals surface area contributed by atoms with Gasteiger partial charge in [0.25, 0.3) is 5.69 Å². The number of hydrogen-bond donors (Lipinski definition) is 1. The minimum Gasteiger partial charge on any atom is -0.369 e. The van der Waals surface area contributed by atoms with Gasteiger partial charge in [-0.15, -0.1) is 0 Å². The Kier molecular flexibility index (Phi) is 3.41. The molecule has 7 nitrogen and oxygen atoms in total. The number of nitrogens with zero attached hydrogens (tertiary/aromatic N) is 1. The zero-order chi connectivity index (χ0) is 14.9. The number of rotatable bonds is 4. The summed E-state index contributed by atoms with van der Waals surface area (Å²) >= 11 is 0. The molecule has 0 unspecified atom stereocenters. The molecule has 8 heteroatoms. The standard InChI is InChI=1S/C12H10N2O5S/c13-11(15)7-20(18,19)10-6-5-8-3-1-2-4-9(8)12(10)14(16)17/h1-6H,7H2,(H2,13,15). The van der Waals surface area contributed by atoms with Crippen LogP contribution in [0.25, 0.3) is 10.8 Å². The first-order valence-electron chi connectivity index (χ1n) is 5.50. The summed E-state index contributed by atoms with van der Waals surface area (Å²) in [6.45, 7) is 0. The lowest BCUT2D eigenvalue weighted by Crippen LogP contribution is -2.23. The van der Waals surface area contributed by atoms with Crippen molar-refractivity contribution in [3.8, 4) is 0 Å². The van der Waals surface area contributed by atoms with Gasteiger partial charge in [-0.25, -0.2) is 8.42 Å². The number of amides is 1. The van der Waals surface area contributed by atoms with Crippen molar-refractivity contribution >= 4 is 32.2 Å². The lowest BCUT2D eigenvalue weighted by atomic mass is 10.1. The molecule has 2 N–H and O–H groups in total. The second-order valence-electron chi connectivity index (χ2n) is 4.12. The van der Waals surface area contributed by atoms with Crippen LogP contribution < -0.4 is 5.73 Å². The van der Waals surface area contributed by atoms with Gasteiger partial charge in [-0.05, 0) is 17.5 Å². The van der Waals surface area contributed by atoms with E-state index in [0.29, 0.717) is 5.39 Å². The van der Waals surface area contributed by atoms with Crippen LogP contribution in [-0.4, -0.2) is 25.0 Å². The van der Waals surface area contributed by atoms with Crippen molar-refractivity contribution in [2.24, 2.45) is 5.73 Å². The van der Waals surface area contributed by atoms with Crippen LogP contribution in [0.1, 0.15) is 0 Å². The van der Waals surface area contributed by atoms with Gasteiger partial charge in [0.1, 0.15) is 10.6 Å². The molecule has 1 amide bonds. The molecule has 104 valence electrons. The van der Waals surface area contributed by atoms with Crippen LogP contribution in [0.15, 0.2) is 41.3 Å². The molecular formula is C12H10N2O5S. The lowest BCUT2D eigenvalue weighted by Gasteiger charge is -2.06. The Hall–Kier alpha value is -2.48. The minimum absolute atomic E-state index is 0.197. The number of carbonyl (C=O) groups excluding carboxylic acids is 1. The Morgan fingerprint density at radius 2 is 1.85 bits per heavy atom. The monoisotopic (exact) mass is 294 g/mol. The normalized spacial score (nSPS) is 11.4. The summed E-state index contributed by atoms with van der Waals surface area (Å²) in [5, 5.41) is 11.9. The topological polar surface area (TPSA) is 120 Å². The molecule has 0 aliphatic heterocycles. The molecule has 0 atom stereocenters. The van der Waals surface area contributed by atoms with Crippen LogP contribution in [0.5, 0.6) is 0 Å². The highest BCUT2D eigenvalue weighted by Crippen LogP contribution is 2.32. The summed E-state index contributed by atoms with van der Waals surface area (Å²) in [5.74, 6) is -2.03. The first-order chi connectivity index (χ1) is 9.33. The van der Waals surface area contributed by atoms with Crippen molar-refractivity contribution in [3.63, 3.8) is 0 Å². The van der Waals surface area contributed by atoms with E-state index in [1.54, 1.807) is 18.2 Å². The van der Waals surface area contributed by atoms with Crippen LogP contribution in [0.2, 0.25) is 0 Å². The van der Waals surface area contributed by atoms with E-state index in [9.17, 15) is 23.3 Å². The maximum Gasteiger partial charge on any atom is 0.295 e. The van der Waals surface area contributed by atoms with Gasteiger partial charge in [-0.1, -0.05) is 24.3 Å². The molecule has 0 bridgehead atoms. The zero-order valence-electron chi connectivity index (χ0n) is 10.1. The molecule has 0 aromatic heterocycles. The number of carbonyl (C=O) groups is 1. The number of nitro benzene ring substituents is 1. The molecular weight excluding hydrogens is 284 g/mol. The molecule has 20 heavy (non-hydrogen) atoms. The van der Waals surface area contributed by atoms with Crippen LogP contribution in [0.3, 0.4) is 0 Å². The SMILES string of the molecule is NC(=O)CS(=O)(=O)c1ccc2ccccc2c1[N+](=O)[O-]. The predicted octanol–water partition coefficient (Wildman–Crippen LogP) is 1.01. The van der Waals surface area contributed by atoms with Crippen molar-refractivity contribution in [1.29, 1.82) is 0 Å². The summed E-state index contributed by atoms with van der Waals surface area (Å²) in [5.41, 5.74) is 4.33. The van der Waals surface area contributed by atoms with E-state index in [-0.39, 0.29) is 5.39 Å². The molecule has 0 aliphatic rings. The van der Waals surface area contributed by atoms with Crippen molar-refractivity contribution in [2.45, 2.75) is 4.90 Å². The Morgan fingerprint density at radius 3 is 2.45 bits per heavy atom. The first kappa shape index (κ1) is 13.9. The van der Waals surface area contributed by atoms with Gasteiger partial charge >= 0.3 is 0 Å². The van der Waals surface area contributed by atoms with Gasteiger partial charge in [0.2, 0.25) is 5.91 Å². The summed E-state index contributed by atoms with van der Waals surface area (Å²) in [7, 11) is -4.14. The predicted molar refractivity (Wildman–Crippen MR) is 71.8 cm³/mol. The molecule has 0 heterocycles. The number of sulfone groups is 1. The van der Waals surface area contributed by atoms with E-state index >= 15 is 0 Å². The fourth-order valence-electron chi connectivity index (χ4n) is 1.94. The zero-order valence-corrected chi connectivity index (χ0v) is 11.0. The number of nitrogens with two attached hydrogens (primary N) is 1. The Balaban J connectivity index is 2.81. The van der Waals surface area contributed by atoms with Crippen molar-refractivity contribution in [2.75, 3.05) is 5.75 Å². The van der Waals surface area contributed by atoms with Crippen LogP contribution >= 0.6 is 0 Å². The molecule has 0 spiro atoms. The minimum atomic E-state index is -4.14. The van der Waals surface area contributed by atoms with Crippen LogP contribution in [0.4, 0.5) is 5.69 Å². The van der Waals surface area contributed by atoms with Crippen LogP contribution in [-0.2, 0) is 14.6 Å². The quantitative estimate of drug-likeness (QED) is 0.666. The molecule has 2 rings (SSSR count). The molecule has 0 saturated heterocycles. The fraction of sp³-hybridized carbons (Fsp3) is 0.0833. The number of hydrogen-bond acceptors (Lipinski definition) is 5. The van der Waals surface area contributed by atoms with E-state index < -0.39 is 37.0 Å². The number of benzene rings is 2. The van der Waals surface area contributed by atoms with E-state index in [0.717, 1.165) is 6.07 Å². The van der Waals surface area contributed by atoms with E-state index in [1.807, 2.05) is 0 Å². The maximum atomic E-state index is 12.0. The maximum absolute atomic E-state index is 12.0. The van der Waals surface area contributed by atoms with Gasteiger partial charge in [-0.2, -0.15) is 0 Å². The largest absolute Gasteiger partial charge is 0.369 e. The molecule has 0 saturated carbocycles. The van der Waals surface area contributed by atoms with Gasteiger partial charge in [0.05, 0.1) is 10.3 Å². The second kappa shape index (κ2) is 4.89. The van der Waals surface area contributed by atoms with Crippen molar-refractivity contribution in [1.82, 2.24) is 0 Å².